The van der Waals surface area contributed by atoms with E-state index in [1.807, 2.05) is 24.3 Å². The van der Waals surface area contributed by atoms with Crippen LogP contribution in [0, 0.1) is 5.92 Å². The van der Waals surface area contributed by atoms with Crippen LogP contribution in [0.5, 0.6) is 5.75 Å². The van der Waals surface area contributed by atoms with E-state index in [0.29, 0.717) is 13.2 Å². The van der Waals surface area contributed by atoms with Gasteiger partial charge < -0.3 is 14.4 Å². The van der Waals surface area contributed by atoms with Crippen molar-refractivity contribution in [1.82, 2.24) is 4.90 Å². The Morgan fingerprint density at radius 1 is 1.04 bits per heavy atom. The van der Waals surface area contributed by atoms with Crippen molar-refractivity contribution >= 4 is 5.78 Å². The fraction of sp³-hybridized carbons (Fsp3) is 0.667. The van der Waals surface area contributed by atoms with Crippen molar-refractivity contribution < 1.29 is 14.3 Å². The second kappa shape index (κ2) is 9.93. The van der Waals surface area contributed by atoms with E-state index in [1.165, 1.54) is 45.3 Å². The molecule has 2 fully saturated rings. The van der Waals surface area contributed by atoms with E-state index in [4.69, 9.17) is 9.47 Å². The molecule has 0 aliphatic carbocycles. The number of carbonyl (C=O) groups is 1. The lowest BCUT2D eigenvalue weighted by atomic mass is 9.91. The second-order valence-corrected chi connectivity index (χ2v) is 7.23. The van der Waals surface area contributed by atoms with E-state index in [0.717, 1.165) is 37.2 Å². The monoisotopic (exact) mass is 345 g/mol. The van der Waals surface area contributed by atoms with Crippen molar-refractivity contribution in [1.29, 1.82) is 0 Å². The Kier molecular flexibility index (Phi) is 7.31. The zero-order valence-electron chi connectivity index (χ0n) is 15.3. The molecular weight excluding hydrogens is 314 g/mol. The summed E-state index contributed by atoms with van der Waals surface area (Å²) >= 11 is 0. The normalized spacial score (nSPS) is 19.7. The van der Waals surface area contributed by atoms with Crippen LogP contribution in [0.25, 0.3) is 0 Å². The van der Waals surface area contributed by atoms with E-state index >= 15 is 0 Å². The van der Waals surface area contributed by atoms with E-state index < -0.39 is 0 Å². The predicted octanol–water partition coefficient (Wildman–Crippen LogP) is 3.94. The lowest BCUT2D eigenvalue weighted by Gasteiger charge is -2.26. The average molecular weight is 345 g/mol. The van der Waals surface area contributed by atoms with Crippen LogP contribution in [0.3, 0.4) is 0 Å². The molecule has 1 aromatic carbocycles. The number of ketones is 1. The molecule has 0 spiro atoms. The van der Waals surface area contributed by atoms with Crippen molar-refractivity contribution in [3.63, 3.8) is 0 Å². The summed E-state index contributed by atoms with van der Waals surface area (Å²) in [6.45, 7) is 5.89. The van der Waals surface area contributed by atoms with Crippen LogP contribution in [0.2, 0.25) is 0 Å². The summed E-state index contributed by atoms with van der Waals surface area (Å²) in [4.78, 5) is 15.0. The molecule has 0 bridgehead atoms. The minimum Gasteiger partial charge on any atom is -0.494 e. The molecule has 0 radical (unpaired) electrons. The molecule has 2 heterocycles. The molecule has 4 heteroatoms. The maximum atomic E-state index is 12.5. The topological polar surface area (TPSA) is 38.8 Å². The molecule has 3 rings (SSSR count). The highest BCUT2D eigenvalue weighted by molar-refractivity contribution is 5.98. The Bertz CT molecular complexity index is 516. The number of Topliss-reactive ketones (excluding diaryl/α,β-unsaturated/α-hetero) is 1. The number of likely N-dealkylation sites (tertiary alicyclic amines) is 1. The summed E-state index contributed by atoms with van der Waals surface area (Å²) in [6.07, 6.45) is 8.07. The number of nitrogens with zero attached hydrogens (tertiary/aromatic N) is 1. The number of hydrogen-bond donors (Lipinski definition) is 0. The fourth-order valence-electron chi connectivity index (χ4n) is 3.72. The molecule has 0 amide bonds. The highest BCUT2D eigenvalue weighted by Crippen LogP contribution is 2.22. The fourth-order valence-corrected chi connectivity index (χ4v) is 3.72. The second-order valence-electron chi connectivity index (χ2n) is 7.23. The summed E-state index contributed by atoms with van der Waals surface area (Å²) < 4.78 is 11.2. The van der Waals surface area contributed by atoms with Crippen molar-refractivity contribution in [2.75, 3.05) is 39.5 Å². The van der Waals surface area contributed by atoms with Crippen LogP contribution >= 0.6 is 0 Å². The first-order valence-electron chi connectivity index (χ1n) is 9.90. The number of unbranched alkanes of at least 4 members (excludes halogenated alkanes) is 1. The van der Waals surface area contributed by atoms with Crippen molar-refractivity contribution in [2.24, 2.45) is 5.92 Å². The summed E-state index contributed by atoms with van der Waals surface area (Å²) in [5.74, 6) is 1.23. The Morgan fingerprint density at radius 3 is 2.48 bits per heavy atom. The summed E-state index contributed by atoms with van der Waals surface area (Å²) in [5.41, 5.74) is 0.796. The van der Waals surface area contributed by atoms with Crippen molar-refractivity contribution in [2.45, 2.75) is 44.9 Å². The largest absolute Gasteiger partial charge is 0.494 e. The third-order valence-electron chi connectivity index (χ3n) is 5.32. The molecule has 2 aliphatic heterocycles. The van der Waals surface area contributed by atoms with Gasteiger partial charge >= 0.3 is 0 Å². The summed E-state index contributed by atoms with van der Waals surface area (Å²) in [5, 5.41) is 0. The predicted molar refractivity (Wildman–Crippen MR) is 99.3 cm³/mol. The first-order chi connectivity index (χ1) is 12.3. The van der Waals surface area contributed by atoms with E-state index in [-0.39, 0.29) is 11.7 Å². The van der Waals surface area contributed by atoms with Gasteiger partial charge in [-0.05, 0) is 82.4 Å². The van der Waals surface area contributed by atoms with Gasteiger partial charge in [0.1, 0.15) is 5.75 Å². The smallest absolute Gasteiger partial charge is 0.166 e. The van der Waals surface area contributed by atoms with Crippen molar-refractivity contribution in [3.05, 3.63) is 29.8 Å². The Labute approximate surface area is 151 Å². The van der Waals surface area contributed by atoms with Gasteiger partial charge in [0, 0.05) is 24.7 Å². The van der Waals surface area contributed by atoms with Gasteiger partial charge in [0.15, 0.2) is 5.78 Å². The zero-order chi connectivity index (χ0) is 17.3. The Balaban J connectivity index is 1.35. The van der Waals surface area contributed by atoms with Gasteiger partial charge in [-0.1, -0.05) is 6.42 Å². The number of rotatable bonds is 8. The summed E-state index contributed by atoms with van der Waals surface area (Å²) in [7, 11) is 0. The van der Waals surface area contributed by atoms with Gasteiger partial charge in [-0.25, -0.2) is 0 Å². The highest BCUT2D eigenvalue weighted by atomic mass is 16.5. The van der Waals surface area contributed by atoms with E-state index in [2.05, 4.69) is 4.90 Å². The molecule has 2 saturated heterocycles. The first kappa shape index (κ1) is 18.4. The average Bonchev–Trinajstić information content (AvgIpc) is 2.69. The van der Waals surface area contributed by atoms with Gasteiger partial charge in [0.2, 0.25) is 0 Å². The van der Waals surface area contributed by atoms with Gasteiger partial charge in [0.25, 0.3) is 0 Å². The molecule has 1 aromatic rings. The number of piperidine rings is 1. The van der Waals surface area contributed by atoms with Crippen LogP contribution < -0.4 is 4.74 Å². The lowest BCUT2D eigenvalue weighted by molar-refractivity contribution is 0.0545. The molecule has 4 nitrogen and oxygen atoms in total. The van der Waals surface area contributed by atoms with Crippen LogP contribution in [-0.4, -0.2) is 50.1 Å². The minimum atomic E-state index is 0.121. The Morgan fingerprint density at radius 2 is 1.76 bits per heavy atom. The number of hydrogen-bond acceptors (Lipinski definition) is 4. The van der Waals surface area contributed by atoms with Crippen LogP contribution in [0.4, 0.5) is 0 Å². The van der Waals surface area contributed by atoms with Crippen LogP contribution in [0.1, 0.15) is 55.3 Å². The van der Waals surface area contributed by atoms with E-state index in [1.54, 1.807) is 0 Å². The molecule has 0 aromatic heterocycles. The Hall–Kier alpha value is -1.39. The summed E-state index contributed by atoms with van der Waals surface area (Å²) in [6, 6.07) is 7.66. The molecule has 0 saturated carbocycles. The molecule has 0 atom stereocenters. The van der Waals surface area contributed by atoms with Gasteiger partial charge in [-0.3, -0.25) is 4.79 Å². The third-order valence-corrected chi connectivity index (χ3v) is 5.32. The van der Waals surface area contributed by atoms with Gasteiger partial charge in [-0.2, -0.15) is 0 Å². The first-order valence-corrected chi connectivity index (χ1v) is 9.90. The molecule has 138 valence electrons. The molecular formula is C21H31NO3. The lowest BCUT2D eigenvalue weighted by Crippen LogP contribution is -2.30. The molecule has 0 N–H and O–H groups in total. The zero-order valence-corrected chi connectivity index (χ0v) is 15.3. The van der Waals surface area contributed by atoms with Crippen LogP contribution in [-0.2, 0) is 4.74 Å². The van der Waals surface area contributed by atoms with Gasteiger partial charge in [-0.15, -0.1) is 0 Å². The van der Waals surface area contributed by atoms with Gasteiger partial charge in [0.05, 0.1) is 6.61 Å². The molecule has 0 unspecified atom stereocenters. The highest BCUT2D eigenvalue weighted by Gasteiger charge is 2.22. The third kappa shape index (κ3) is 5.82. The standard InChI is InChI=1S/C21H31NO3/c23-21(19-10-16-24-17-11-19)18-6-8-20(9-7-18)25-15-5-4-14-22-12-2-1-3-13-22/h6-9,19H,1-5,10-17H2. The van der Waals surface area contributed by atoms with Crippen LogP contribution in [0.15, 0.2) is 24.3 Å². The maximum absolute atomic E-state index is 12.5. The SMILES string of the molecule is O=C(c1ccc(OCCCCN2CCCCC2)cc1)C1CCOCC1. The van der Waals surface area contributed by atoms with E-state index in [9.17, 15) is 4.79 Å². The number of ether oxygens (including phenoxy) is 2. The minimum absolute atomic E-state index is 0.121. The quantitative estimate of drug-likeness (QED) is 0.528. The molecule has 25 heavy (non-hydrogen) atoms. The number of benzene rings is 1. The van der Waals surface area contributed by atoms with Crippen molar-refractivity contribution in [3.8, 4) is 5.75 Å². The maximum Gasteiger partial charge on any atom is 0.166 e. The number of carbonyl (C=O) groups excluding carboxylic acids is 1. The molecule has 2 aliphatic rings.